The first-order valence-electron chi connectivity index (χ1n) is 9.20. The van der Waals surface area contributed by atoms with Crippen molar-refractivity contribution >= 4 is 15.8 Å². The fraction of sp³-hybridized carbons (Fsp3) is 0.381. The average molecular weight is 387 g/mol. The zero-order chi connectivity index (χ0) is 19.4. The molecule has 0 radical (unpaired) electrons. The summed E-state index contributed by atoms with van der Waals surface area (Å²) in [5.41, 5.74) is 3.68. The van der Waals surface area contributed by atoms with Crippen molar-refractivity contribution in [3.63, 3.8) is 0 Å². The lowest BCUT2D eigenvalue weighted by Crippen LogP contribution is -2.50. The topological polar surface area (TPSA) is 57.7 Å². The molecular weight excluding hydrogens is 360 g/mol. The highest BCUT2D eigenvalue weighted by atomic mass is 32.2. The zero-order valence-electron chi connectivity index (χ0n) is 15.9. The highest BCUT2D eigenvalue weighted by molar-refractivity contribution is 7.88. The molecule has 6 heteroatoms. The van der Waals surface area contributed by atoms with Gasteiger partial charge in [0.1, 0.15) is 0 Å². The van der Waals surface area contributed by atoms with Gasteiger partial charge in [-0.25, -0.2) is 8.42 Å². The summed E-state index contributed by atoms with van der Waals surface area (Å²) in [5.74, 6) is 0.114. The number of rotatable bonds is 6. The van der Waals surface area contributed by atoms with Crippen LogP contribution in [0.5, 0.6) is 0 Å². The Bertz CT molecular complexity index is 902. The fourth-order valence-corrected chi connectivity index (χ4v) is 4.97. The average Bonchev–Trinajstić information content (AvgIpc) is 2.62. The van der Waals surface area contributed by atoms with Crippen LogP contribution in [0.2, 0.25) is 0 Å². The highest BCUT2D eigenvalue weighted by Crippen LogP contribution is 2.15. The van der Waals surface area contributed by atoms with Crippen molar-refractivity contribution in [2.75, 3.05) is 32.7 Å². The fourth-order valence-electron chi connectivity index (χ4n) is 3.46. The van der Waals surface area contributed by atoms with Crippen molar-refractivity contribution < 1.29 is 13.2 Å². The number of sulfonamides is 1. The van der Waals surface area contributed by atoms with E-state index < -0.39 is 10.0 Å². The van der Waals surface area contributed by atoms with Gasteiger partial charge in [0.05, 0.1) is 12.3 Å². The molecule has 1 fully saturated rings. The minimum absolute atomic E-state index is 0.0231. The van der Waals surface area contributed by atoms with Crippen molar-refractivity contribution in [1.82, 2.24) is 9.21 Å². The molecule has 0 aliphatic carbocycles. The largest absolute Gasteiger partial charge is 0.293 e. The Balaban J connectivity index is 1.56. The van der Waals surface area contributed by atoms with Gasteiger partial charge in [0.15, 0.2) is 5.78 Å². The van der Waals surface area contributed by atoms with Crippen LogP contribution in [-0.4, -0.2) is 56.1 Å². The van der Waals surface area contributed by atoms with E-state index in [2.05, 4.69) is 0 Å². The molecule has 2 aromatic rings. The van der Waals surface area contributed by atoms with Crippen molar-refractivity contribution in [1.29, 1.82) is 0 Å². The minimum Gasteiger partial charge on any atom is -0.293 e. The van der Waals surface area contributed by atoms with Gasteiger partial charge in [-0.15, -0.1) is 0 Å². The molecule has 0 saturated carbocycles. The SMILES string of the molecule is Cc1ccc(C(=O)CN2CCN(S(=O)(=O)Cc3ccccc3)CC2)c(C)c1. The van der Waals surface area contributed by atoms with Crippen LogP contribution in [0.15, 0.2) is 48.5 Å². The van der Waals surface area contributed by atoms with E-state index >= 15 is 0 Å². The molecule has 27 heavy (non-hydrogen) atoms. The minimum atomic E-state index is -3.33. The van der Waals surface area contributed by atoms with E-state index in [1.54, 1.807) is 0 Å². The number of hydrogen-bond donors (Lipinski definition) is 0. The summed E-state index contributed by atoms with van der Waals surface area (Å²) in [6.45, 7) is 6.29. The van der Waals surface area contributed by atoms with Gasteiger partial charge in [0.25, 0.3) is 0 Å². The second-order valence-corrected chi connectivity index (χ2v) is 9.13. The Morgan fingerprint density at radius 1 is 0.963 bits per heavy atom. The second-order valence-electron chi connectivity index (χ2n) is 7.16. The van der Waals surface area contributed by atoms with Gasteiger partial charge in [0.2, 0.25) is 10.0 Å². The number of Topliss-reactive ketones (excluding diaryl/α,β-unsaturated/α-hetero) is 1. The van der Waals surface area contributed by atoms with Crippen LogP contribution in [0, 0.1) is 13.8 Å². The molecule has 0 unspecified atom stereocenters. The first-order chi connectivity index (χ1) is 12.8. The van der Waals surface area contributed by atoms with Gasteiger partial charge in [-0.1, -0.05) is 54.1 Å². The molecule has 1 saturated heterocycles. The predicted molar refractivity (Wildman–Crippen MR) is 107 cm³/mol. The zero-order valence-corrected chi connectivity index (χ0v) is 16.7. The molecule has 0 spiro atoms. The van der Waals surface area contributed by atoms with Crippen LogP contribution >= 0.6 is 0 Å². The number of carbonyl (C=O) groups is 1. The molecule has 1 aliphatic rings. The van der Waals surface area contributed by atoms with Crippen LogP contribution in [0.25, 0.3) is 0 Å². The van der Waals surface area contributed by atoms with Crippen LogP contribution in [0.1, 0.15) is 27.0 Å². The number of carbonyl (C=O) groups excluding carboxylic acids is 1. The van der Waals surface area contributed by atoms with Crippen LogP contribution in [0.3, 0.4) is 0 Å². The molecule has 1 heterocycles. The van der Waals surface area contributed by atoms with Crippen LogP contribution in [0.4, 0.5) is 0 Å². The molecule has 144 valence electrons. The lowest BCUT2D eigenvalue weighted by atomic mass is 10.0. The second kappa shape index (κ2) is 8.33. The Labute approximate surface area is 161 Å². The number of piperazine rings is 1. The molecular formula is C21H26N2O3S. The maximum absolute atomic E-state index is 12.6. The molecule has 1 aliphatic heterocycles. The third kappa shape index (κ3) is 5.03. The van der Waals surface area contributed by atoms with Gasteiger partial charge in [-0.3, -0.25) is 9.69 Å². The third-order valence-electron chi connectivity index (χ3n) is 4.97. The molecule has 5 nitrogen and oxygen atoms in total. The van der Waals surface area contributed by atoms with E-state index in [1.807, 2.05) is 67.3 Å². The Kier molecular flexibility index (Phi) is 6.09. The predicted octanol–water partition coefficient (Wildman–Crippen LogP) is 2.63. The van der Waals surface area contributed by atoms with Crippen molar-refractivity contribution in [3.8, 4) is 0 Å². The molecule has 0 aromatic heterocycles. The van der Waals surface area contributed by atoms with E-state index in [-0.39, 0.29) is 11.5 Å². The molecule has 2 aromatic carbocycles. The van der Waals surface area contributed by atoms with Gasteiger partial charge < -0.3 is 0 Å². The van der Waals surface area contributed by atoms with Gasteiger partial charge >= 0.3 is 0 Å². The number of benzene rings is 2. The van der Waals surface area contributed by atoms with Gasteiger partial charge in [0, 0.05) is 31.7 Å². The lowest BCUT2D eigenvalue weighted by Gasteiger charge is -2.33. The maximum Gasteiger partial charge on any atom is 0.218 e. The summed E-state index contributed by atoms with van der Waals surface area (Å²) in [5, 5.41) is 0. The quantitative estimate of drug-likeness (QED) is 0.716. The first-order valence-corrected chi connectivity index (χ1v) is 10.8. The Hall–Kier alpha value is -2.02. The lowest BCUT2D eigenvalue weighted by molar-refractivity contribution is 0.0901. The Morgan fingerprint density at radius 2 is 1.63 bits per heavy atom. The standard InChI is InChI=1S/C21H26N2O3S/c1-17-8-9-20(18(2)14-17)21(24)15-22-10-12-23(13-11-22)27(25,26)16-19-6-4-3-5-7-19/h3-9,14H,10-13,15-16H2,1-2H3. The third-order valence-corrected chi connectivity index (χ3v) is 6.82. The summed E-state index contributed by atoms with van der Waals surface area (Å²) in [6, 6.07) is 15.1. The Morgan fingerprint density at radius 3 is 2.26 bits per heavy atom. The summed E-state index contributed by atoms with van der Waals surface area (Å²) >= 11 is 0. The monoisotopic (exact) mass is 386 g/mol. The van der Waals surface area contributed by atoms with E-state index in [4.69, 9.17) is 0 Å². The van der Waals surface area contributed by atoms with Gasteiger partial charge in [-0.2, -0.15) is 4.31 Å². The summed E-state index contributed by atoms with van der Waals surface area (Å²) in [4.78, 5) is 14.6. The van der Waals surface area contributed by atoms with Gasteiger partial charge in [-0.05, 0) is 25.0 Å². The summed E-state index contributed by atoms with van der Waals surface area (Å²) in [7, 11) is -3.33. The maximum atomic E-state index is 12.6. The molecule has 0 atom stereocenters. The number of ketones is 1. The summed E-state index contributed by atoms with van der Waals surface area (Å²) < 4.78 is 26.8. The normalized spacial score (nSPS) is 16.4. The van der Waals surface area contributed by atoms with Crippen molar-refractivity contribution in [3.05, 3.63) is 70.8 Å². The smallest absolute Gasteiger partial charge is 0.218 e. The highest BCUT2D eigenvalue weighted by Gasteiger charge is 2.28. The van der Waals surface area contributed by atoms with E-state index in [0.717, 1.165) is 22.3 Å². The van der Waals surface area contributed by atoms with E-state index in [9.17, 15) is 13.2 Å². The molecule has 3 rings (SSSR count). The first kappa shape index (κ1) is 19.7. The van der Waals surface area contributed by atoms with E-state index in [1.165, 1.54) is 4.31 Å². The summed E-state index contributed by atoms with van der Waals surface area (Å²) in [6.07, 6.45) is 0. The van der Waals surface area contributed by atoms with E-state index in [0.29, 0.717) is 32.7 Å². The van der Waals surface area contributed by atoms with Crippen molar-refractivity contribution in [2.45, 2.75) is 19.6 Å². The molecule has 0 amide bonds. The van der Waals surface area contributed by atoms with Crippen LogP contribution in [-0.2, 0) is 15.8 Å². The molecule has 0 N–H and O–H groups in total. The van der Waals surface area contributed by atoms with Crippen LogP contribution < -0.4 is 0 Å². The number of aryl methyl sites for hydroxylation is 2. The number of nitrogens with zero attached hydrogens (tertiary/aromatic N) is 2. The molecule has 0 bridgehead atoms. The van der Waals surface area contributed by atoms with Crippen molar-refractivity contribution in [2.24, 2.45) is 0 Å². The number of hydrogen-bond acceptors (Lipinski definition) is 4.